The number of piperidine rings is 1. The molecule has 0 aromatic heterocycles. The molecule has 2 rings (SSSR count). The van der Waals surface area contributed by atoms with E-state index in [9.17, 15) is 10.1 Å². The molecule has 1 aromatic carbocycles. The molecule has 0 spiro atoms. The SMILES string of the molecule is CC1CN(Cc2ccc(Cl)c([N+](=O)[O-])c2)CCC1N.Cl. The van der Waals surface area contributed by atoms with E-state index in [0.29, 0.717) is 12.5 Å². The maximum atomic E-state index is 10.9. The fourth-order valence-corrected chi connectivity index (χ4v) is 2.63. The summed E-state index contributed by atoms with van der Waals surface area (Å²) in [7, 11) is 0. The number of nitro benzene ring substituents is 1. The van der Waals surface area contributed by atoms with Gasteiger partial charge < -0.3 is 5.73 Å². The molecule has 20 heavy (non-hydrogen) atoms. The van der Waals surface area contributed by atoms with E-state index >= 15 is 0 Å². The fourth-order valence-electron chi connectivity index (χ4n) is 2.45. The average molecular weight is 320 g/mol. The van der Waals surface area contributed by atoms with E-state index < -0.39 is 4.92 Å². The van der Waals surface area contributed by atoms with Crippen molar-refractivity contribution >= 4 is 29.7 Å². The van der Waals surface area contributed by atoms with Crippen molar-refractivity contribution in [2.24, 2.45) is 11.7 Å². The smallest absolute Gasteiger partial charge is 0.288 e. The number of hydrogen-bond acceptors (Lipinski definition) is 4. The zero-order valence-electron chi connectivity index (χ0n) is 11.3. The van der Waals surface area contributed by atoms with Crippen molar-refractivity contribution in [3.63, 3.8) is 0 Å². The molecule has 7 heteroatoms. The van der Waals surface area contributed by atoms with Gasteiger partial charge in [-0.2, -0.15) is 0 Å². The molecule has 1 heterocycles. The molecule has 2 atom stereocenters. The summed E-state index contributed by atoms with van der Waals surface area (Å²) < 4.78 is 0. The van der Waals surface area contributed by atoms with Crippen molar-refractivity contribution in [1.29, 1.82) is 0 Å². The van der Waals surface area contributed by atoms with E-state index in [4.69, 9.17) is 17.3 Å². The first-order chi connectivity index (χ1) is 8.97. The summed E-state index contributed by atoms with van der Waals surface area (Å²) in [6.45, 7) is 4.70. The summed E-state index contributed by atoms with van der Waals surface area (Å²) >= 11 is 5.80. The molecule has 2 unspecified atom stereocenters. The maximum absolute atomic E-state index is 10.9. The molecule has 0 aliphatic carbocycles. The van der Waals surface area contributed by atoms with Crippen molar-refractivity contribution in [2.75, 3.05) is 13.1 Å². The standard InChI is InChI=1S/C13H18ClN3O2.ClH/c1-9-7-16(5-4-12(9)15)8-10-2-3-11(14)13(6-10)17(18)19;/h2-3,6,9,12H,4-5,7-8,15H2,1H3;1H. The molecule has 1 fully saturated rings. The Balaban J connectivity index is 0.00000200. The van der Waals surface area contributed by atoms with Gasteiger partial charge in [-0.25, -0.2) is 0 Å². The molecule has 0 amide bonds. The highest BCUT2D eigenvalue weighted by atomic mass is 35.5. The van der Waals surface area contributed by atoms with Crippen molar-refractivity contribution in [2.45, 2.75) is 25.9 Å². The summed E-state index contributed by atoms with van der Waals surface area (Å²) in [6.07, 6.45) is 0.969. The molecule has 0 bridgehead atoms. The molecular weight excluding hydrogens is 301 g/mol. The van der Waals surface area contributed by atoms with Crippen LogP contribution in [0.2, 0.25) is 5.02 Å². The summed E-state index contributed by atoms with van der Waals surface area (Å²) in [5.41, 5.74) is 6.87. The van der Waals surface area contributed by atoms with Crippen LogP contribution in [0.1, 0.15) is 18.9 Å². The zero-order valence-corrected chi connectivity index (χ0v) is 12.9. The topological polar surface area (TPSA) is 72.4 Å². The minimum atomic E-state index is -0.444. The van der Waals surface area contributed by atoms with Gasteiger partial charge in [0.25, 0.3) is 5.69 Å². The lowest BCUT2D eigenvalue weighted by Crippen LogP contribution is -2.45. The predicted molar refractivity (Wildman–Crippen MR) is 82.4 cm³/mol. The molecular formula is C13H19Cl2N3O2. The Morgan fingerprint density at radius 3 is 2.85 bits per heavy atom. The van der Waals surface area contributed by atoms with Crippen LogP contribution in [-0.4, -0.2) is 29.0 Å². The second-order valence-corrected chi connectivity index (χ2v) is 5.62. The normalized spacial score (nSPS) is 23.1. The van der Waals surface area contributed by atoms with E-state index in [1.165, 1.54) is 0 Å². The highest BCUT2D eigenvalue weighted by molar-refractivity contribution is 6.32. The van der Waals surface area contributed by atoms with E-state index in [1.54, 1.807) is 12.1 Å². The second-order valence-electron chi connectivity index (χ2n) is 5.21. The Morgan fingerprint density at radius 1 is 1.55 bits per heavy atom. The summed E-state index contributed by atoms with van der Waals surface area (Å²) in [5, 5.41) is 11.0. The first kappa shape index (κ1) is 17.2. The highest BCUT2D eigenvalue weighted by Gasteiger charge is 2.23. The third-order valence-electron chi connectivity index (χ3n) is 3.67. The van der Waals surface area contributed by atoms with E-state index in [2.05, 4.69) is 11.8 Å². The lowest BCUT2D eigenvalue weighted by molar-refractivity contribution is -0.384. The van der Waals surface area contributed by atoms with E-state index in [0.717, 1.165) is 25.1 Å². The van der Waals surface area contributed by atoms with Gasteiger partial charge in [0.1, 0.15) is 5.02 Å². The van der Waals surface area contributed by atoms with Crippen LogP contribution in [0, 0.1) is 16.0 Å². The van der Waals surface area contributed by atoms with E-state index in [1.807, 2.05) is 6.07 Å². The van der Waals surface area contributed by atoms with Crippen LogP contribution >= 0.6 is 24.0 Å². The van der Waals surface area contributed by atoms with Gasteiger partial charge in [-0.1, -0.05) is 24.6 Å². The lowest BCUT2D eigenvalue weighted by atomic mass is 9.94. The highest BCUT2D eigenvalue weighted by Crippen LogP contribution is 2.26. The van der Waals surface area contributed by atoms with Crippen LogP contribution in [-0.2, 0) is 6.54 Å². The van der Waals surface area contributed by atoms with Gasteiger partial charge in [0.2, 0.25) is 0 Å². The van der Waals surface area contributed by atoms with Gasteiger partial charge in [0.05, 0.1) is 4.92 Å². The summed E-state index contributed by atoms with van der Waals surface area (Å²) in [5.74, 6) is 0.455. The van der Waals surface area contributed by atoms with Crippen LogP contribution in [0.25, 0.3) is 0 Å². The van der Waals surface area contributed by atoms with Crippen LogP contribution in [0.3, 0.4) is 0 Å². The van der Waals surface area contributed by atoms with Crippen molar-refractivity contribution < 1.29 is 4.92 Å². The molecule has 1 aromatic rings. The van der Waals surface area contributed by atoms with Crippen LogP contribution in [0.4, 0.5) is 5.69 Å². The lowest BCUT2D eigenvalue weighted by Gasteiger charge is -2.35. The first-order valence-electron chi connectivity index (χ1n) is 6.38. The van der Waals surface area contributed by atoms with Gasteiger partial charge in [-0.3, -0.25) is 15.0 Å². The monoisotopic (exact) mass is 319 g/mol. The largest absolute Gasteiger partial charge is 0.327 e. The zero-order chi connectivity index (χ0) is 14.0. The minimum absolute atomic E-state index is 0. The minimum Gasteiger partial charge on any atom is -0.327 e. The van der Waals surface area contributed by atoms with E-state index in [-0.39, 0.29) is 29.2 Å². The quantitative estimate of drug-likeness (QED) is 0.686. The second kappa shape index (κ2) is 7.22. The molecule has 1 saturated heterocycles. The number of nitro groups is 1. The molecule has 1 aliphatic rings. The molecule has 0 saturated carbocycles. The van der Waals surface area contributed by atoms with Crippen LogP contribution in [0.5, 0.6) is 0 Å². The van der Waals surface area contributed by atoms with Gasteiger partial charge in [-0.15, -0.1) is 12.4 Å². The van der Waals surface area contributed by atoms with Crippen LogP contribution in [0.15, 0.2) is 18.2 Å². The number of likely N-dealkylation sites (tertiary alicyclic amines) is 1. The molecule has 5 nitrogen and oxygen atoms in total. The first-order valence-corrected chi connectivity index (χ1v) is 6.76. The number of nitrogens with zero attached hydrogens (tertiary/aromatic N) is 2. The number of rotatable bonds is 3. The fraction of sp³-hybridized carbons (Fsp3) is 0.538. The molecule has 1 aliphatic heterocycles. The molecule has 2 N–H and O–H groups in total. The Hall–Kier alpha value is -0.880. The van der Waals surface area contributed by atoms with Gasteiger partial charge in [0.15, 0.2) is 0 Å². The number of halogens is 2. The number of nitrogens with two attached hydrogens (primary N) is 1. The van der Waals surface area contributed by atoms with Crippen molar-refractivity contribution in [3.8, 4) is 0 Å². The average Bonchev–Trinajstić information content (AvgIpc) is 2.36. The van der Waals surface area contributed by atoms with Crippen molar-refractivity contribution in [1.82, 2.24) is 4.90 Å². The van der Waals surface area contributed by atoms with Crippen molar-refractivity contribution in [3.05, 3.63) is 38.9 Å². The Labute approximate surface area is 129 Å². The number of hydrogen-bond donors (Lipinski definition) is 1. The van der Waals surface area contributed by atoms with Gasteiger partial charge in [-0.05, 0) is 30.5 Å². The molecule has 112 valence electrons. The summed E-state index contributed by atoms with van der Waals surface area (Å²) in [6, 6.07) is 5.25. The van der Waals surface area contributed by atoms with Gasteiger partial charge >= 0.3 is 0 Å². The maximum Gasteiger partial charge on any atom is 0.288 e. The third-order valence-corrected chi connectivity index (χ3v) is 3.99. The summed E-state index contributed by atoms with van der Waals surface area (Å²) in [4.78, 5) is 12.7. The predicted octanol–water partition coefficient (Wildman–Crippen LogP) is 2.84. The number of benzene rings is 1. The third kappa shape index (κ3) is 4.06. The Morgan fingerprint density at radius 2 is 2.25 bits per heavy atom. The Kier molecular flexibility index (Phi) is 6.20. The van der Waals surface area contributed by atoms with Gasteiger partial charge in [0, 0.05) is 25.2 Å². The Bertz CT molecular complexity index is 485. The molecule has 0 radical (unpaired) electrons. The van der Waals surface area contributed by atoms with Crippen LogP contribution < -0.4 is 5.73 Å².